The molecular formula is C12H14FN3O3. The van der Waals surface area contributed by atoms with Gasteiger partial charge >= 0.3 is 0 Å². The Bertz CT molecular complexity index is 501. The van der Waals surface area contributed by atoms with Gasteiger partial charge in [-0.05, 0) is 37.6 Å². The third kappa shape index (κ3) is 3.47. The Hall–Kier alpha value is -2.02. The lowest BCUT2D eigenvalue weighted by molar-refractivity contribution is -0.384. The number of nitro benzene ring substituents is 1. The molecule has 0 aliphatic carbocycles. The number of nitro groups is 1. The number of rotatable bonds is 4. The molecule has 1 amide bonds. The van der Waals surface area contributed by atoms with Crippen LogP contribution in [-0.4, -0.2) is 23.9 Å². The Balaban J connectivity index is 2.05. The van der Waals surface area contributed by atoms with Crippen molar-refractivity contribution in [3.05, 3.63) is 34.1 Å². The molecule has 1 aromatic rings. The molecule has 2 N–H and O–H groups in total. The van der Waals surface area contributed by atoms with E-state index in [0.717, 1.165) is 31.6 Å². The van der Waals surface area contributed by atoms with Crippen molar-refractivity contribution >= 4 is 17.3 Å². The molecule has 1 fully saturated rings. The number of hydrogen-bond donors (Lipinski definition) is 2. The summed E-state index contributed by atoms with van der Waals surface area (Å²) in [4.78, 5) is 21.8. The molecule has 1 aliphatic heterocycles. The van der Waals surface area contributed by atoms with Crippen LogP contribution in [0.25, 0.3) is 0 Å². The summed E-state index contributed by atoms with van der Waals surface area (Å²) in [6.45, 7) is 1.66. The molecule has 1 aromatic carbocycles. The lowest BCUT2D eigenvalue weighted by Gasteiger charge is -2.09. The van der Waals surface area contributed by atoms with E-state index in [1.165, 1.54) is 6.07 Å². The van der Waals surface area contributed by atoms with Crippen molar-refractivity contribution in [1.29, 1.82) is 0 Å². The fourth-order valence-electron chi connectivity index (χ4n) is 2.11. The van der Waals surface area contributed by atoms with Crippen molar-refractivity contribution in [2.24, 2.45) is 5.92 Å². The Labute approximate surface area is 109 Å². The lowest BCUT2D eigenvalue weighted by Crippen LogP contribution is -2.18. The van der Waals surface area contributed by atoms with Gasteiger partial charge in [0.05, 0.1) is 11.0 Å². The van der Waals surface area contributed by atoms with E-state index in [0.29, 0.717) is 6.42 Å². The molecule has 1 saturated heterocycles. The largest absolute Gasteiger partial charge is 0.320 e. The molecule has 102 valence electrons. The predicted molar refractivity (Wildman–Crippen MR) is 67.3 cm³/mol. The van der Waals surface area contributed by atoms with Gasteiger partial charge in [-0.2, -0.15) is 0 Å². The van der Waals surface area contributed by atoms with Crippen molar-refractivity contribution < 1.29 is 14.1 Å². The van der Waals surface area contributed by atoms with E-state index in [1.54, 1.807) is 0 Å². The second kappa shape index (κ2) is 5.75. The minimum Gasteiger partial charge on any atom is -0.320 e. The lowest BCUT2D eigenvalue weighted by atomic mass is 10.0. The van der Waals surface area contributed by atoms with Gasteiger partial charge in [0.25, 0.3) is 5.69 Å². The first-order chi connectivity index (χ1) is 9.06. The fraction of sp³-hybridized carbons (Fsp3) is 0.417. The van der Waals surface area contributed by atoms with Crippen LogP contribution in [0.2, 0.25) is 0 Å². The third-order valence-corrected chi connectivity index (χ3v) is 3.07. The van der Waals surface area contributed by atoms with Crippen molar-refractivity contribution in [2.75, 3.05) is 18.4 Å². The summed E-state index contributed by atoms with van der Waals surface area (Å²) in [5, 5.41) is 16.4. The first kappa shape index (κ1) is 13.4. The summed E-state index contributed by atoms with van der Waals surface area (Å²) >= 11 is 0. The highest BCUT2D eigenvalue weighted by Gasteiger charge is 2.21. The number of halogens is 1. The van der Waals surface area contributed by atoms with Crippen LogP contribution in [0.4, 0.5) is 15.8 Å². The van der Waals surface area contributed by atoms with Crippen molar-refractivity contribution in [2.45, 2.75) is 12.8 Å². The molecule has 0 radical (unpaired) electrons. The minimum absolute atomic E-state index is 0.0300. The Morgan fingerprint density at radius 1 is 1.58 bits per heavy atom. The summed E-state index contributed by atoms with van der Waals surface area (Å²) in [7, 11) is 0. The summed E-state index contributed by atoms with van der Waals surface area (Å²) in [5.74, 6) is -0.743. The van der Waals surface area contributed by atoms with Crippen LogP contribution >= 0.6 is 0 Å². The summed E-state index contributed by atoms with van der Waals surface area (Å²) in [5.41, 5.74) is -0.403. The number of amides is 1. The van der Waals surface area contributed by atoms with E-state index in [-0.39, 0.29) is 17.5 Å². The summed E-state index contributed by atoms with van der Waals surface area (Å²) in [6.07, 6.45) is 1.22. The topological polar surface area (TPSA) is 84.3 Å². The summed E-state index contributed by atoms with van der Waals surface area (Å²) in [6, 6.07) is 3.09. The molecule has 0 bridgehead atoms. The van der Waals surface area contributed by atoms with Crippen molar-refractivity contribution in [3.8, 4) is 0 Å². The van der Waals surface area contributed by atoms with Gasteiger partial charge in [0.2, 0.25) is 5.91 Å². The van der Waals surface area contributed by atoms with Crippen LogP contribution in [0.3, 0.4) is 0 Å². The standard InChI is InChI=1S/C12H14FN3O3/c13-9-1-2-10(11(6-9)16(18)19)15-12(17)5-8-3-4-14-7-8/h1-2,6,8,14H,3-5,7H2,(H,15,17). The number of anilines is 1. The van der Waals surface area contributed by atoms with Crippen LogP contribution < -0.4 is 10.6 Å². The average molecular weight is 267 g/mol. The van der Waals surface area contributed by atoms with E-state index in [9.17, 15) is 19.3 Å². The molecule has 6 nitrogen and oxygen atoms in total. The van der Waals surface area contributed by atoms with E-state index in [4.69, 9.17) is 0 Å². The van der Waals surface area contributed by atoms with Crippen LogP contribution in [0.5, 0.6) is 0 Å². The molecule has 1 unspecified atom stereocenters. The van der Waals surface area contributed by atoms with E-state index in [2.05, 4.69) is 10.6 Å². The van der Waals surface area contributed by atoms with Gasteiger partial charge in [0.15, 0.2) is 0 Å². The van der Waals surface area contributed by atoms with E-state index in [1.807, 2.05) is 0 Å². The molecular weight excluding hydrogens is 253 g/mol. The quantitative estimate of drug-likeness (QED) is 0.642. The number of nitrogens with zero attached hydrogens (tertiary/aromatic N) is 1. The molecule has 19 heavy (non-hydrogen) atoms. The second-order valence-electron chi connectivity index (χ2n) is 4.53. The van der Waals surface area contributed by atoms with Gasteiger partial charge in [-0.3, -0.25) is 14.9 Å². The second-order valence-corrected chi connectivity index (χ2v) is 4.53. The number of nitrogens with one attached hydrogen (secondary N) is 2. The van der Waals surface area contributed by atoms with Crippen molar-refractivity contribution in [1.82, 2.24) is 5.32 Å². The first-order valence-electron chi connectivity index (χ1n) is 6.01. The molecule has 0 spiro atoms. The third-order valence-electron chi connectivity index (χ3n) is 3.07. The molecule has 1 aliphatic rings. The van der Waals surface area contributed by atoms with Gasteiger partial charge in [-0.15, -0.1) is 0 Å². The minimum atomic E-state index is -0.712. The molecule has 7 heteroatoms. The van der Waals surface area contributed by atoms with Crippen LogP contribution in [0, 0.1) is 21.8 Å². The van der Waals surface area contributed by atoms with Crippen molar-refractivity contribution in [3.63, 3.8) is 0 Å². The SMILES string of the molecule is O=C(CC1CCNC1)Nc1ccc(F)cc1[N+](=O)[O-]. The Morgan fingerprint density at radius 3 is 3.00 bits per heavy atom. The van der Waals surface area contributed by atoms with Gasteiger partial charge in [0, 0.05) is 6.42 Å². The van der Waals surface area contributed by atoms with Gasteiger partial charge in [0.1, 0.15) is 11.5 Å². The zero-order valence-electron chi connectivity index (χ0n) is 10.2. The number of hydrogen-bond acceptors (Lipinski definition) is 4. The van der Waals surface area contributed by atoms with Gasteiger partial charge < -0.3 is 10.6 Å². The maximum absolute atomic E-state index is 12.9. The smallest absolute Gasteiger partial charge is 0.295 e. The molecule has 0 aromatic heterocycles. The van der Waals surface area contributed by atoms with E-state index < -0.39 is 16.4 Å². The first-order valence-corrected chi connectivity index (χ1v) is 6.01. The average Bonchev–Trinajstić information content (AvgIpc) is 2.83. The molecule has 2 rings (SSSR count). The number of carbonyl (C=O) groups is 1. The fourth-order valence-corrected chi connectivity index (χ4v) is 2.11. The molecule has 1 atom stereocenters. The van der Waals surface area contributed by atoms with Crippen LogP contribution in [0.15, 0.2) is 18.2 Å². The highest BCUT2D eigenvalue weighted by atomic mass is 19.1. The number of carbonyl (C=O) groups excluding carboxylic acids is 1. The van der Waals surface area contributed by atoms with Crippen LogP contribution in [0.1, 0.15) is 12.8 Å². The van der Waals surface area contributed by atoms with E-state index >= 15 is 0 Å². The maximum Gasteiger partial charge on any atom is 0.295 e. The van der Waals surface area contributed by atoms with Gasteiger partial charge in [-0.25, -0.2) is 4.39 Å². The Morgan fingerprint density at radius 2 is 2.37 bits per heavy atom. The molecule has 1 heterocycles. The Kier molecular flexibility index (Phi) is 4.06. The van der Waals surface area contributed by atoms with Gasteiger partial charge in [-0.1, -0.05) is 0 Å². The van der Waals surface area contributed by atoms with Crippen LogP contribution in [-0.2, 0) is 4.79 Å². The predicted octanol–water partition coefficient (Wildman–Crippen LogP) is 1.67. The summed E-state index contributed by atoms with van der Waals surface area (Å²) < 4.78 is 12.9. The zero-order chi connectivity index (χ0) is 13.8. The number of benzene rings is 1. The zero-order valence-corrected chi connectivity index (χ0v) is 10.2. The molecule has 0 saturated carbocycles. The normalized spacial score (nSPS) is 18.3. The maximum atomic E-state index is 12.9. The monoisotopic (exact) mass is 267 g/mol. The highest BCUT2D eigenvalue weighted by Crippen LogP contribution is 2.25. The highest BCUT2D eigenvalue weighted by molar-refractivity contribution is 5.93.